The lowest BCUT2D eigenvalue weighted by Crippen LogP contribution is -2.51. The van der Waals surface area contributed by atoms with E-state index in [0.717, 1.165) is 5.56 Å². The van der Waals surface area contributed by atoms with Crippen molar-refractivity contribution in [1.29, 1.82) is 0 Å². The van der Waals surface area contributed by atoms with Crippen molar-refractivity contribution in [1.82, 2.24) is 20.5 Å². The fraction of sp³-hybridized carbons (Fsp3) is 0.419. The quantitative estimate of drug-likeness (QED) is 0.272. The van der Waals surface area contributed by atoms with E-state index in [1.807, 2.05) is 64.1 Å². The topological polar surface area (TPSA) is 134 Å². The molecule has 10 nitrogen and oxygen atoms in total. The Labute approximate surface area is 241 Å². The van der Waals surface area contributed by atoms with Crippen molar-refractivity contribution in [2.24, 2.45) is 5.92 Å². The number of hydrogen-bond donors (Lipinski definition) is 3. The van der Waals surface area contributed by atoms with Crippen molar-refractivity contribution in [3.8, 4) is 0 Å². The molecule has 41 heavy (non-hydrogen) atoms. The first-order chi connectivity index (χ1) is 19.6. The Hall–Kier alpha value is -4.18. The van der Waals surface area contributed by atoms with Crippen molar-refractivity contribution in [2.45, 2.75) is 71.9 Å². The second kappa shape index (κ2) is 15.0. The monoisotopic (exact) mass is 564 g/mol. The molecule has 220 valence electrons. The van der Waals surface area contributed by atoms with Crippen LogP contribution in [0.25, 0.3) is 0 Å². The van der Waals surface area contributed by atoms with E-state index >= 15 is 0 Å². The second-order valence-corrected chi connectivity index (χ2v) is 10.5. The summed E-state index contributed by atoms with van der Waals surface area (Å²) in [6.45, 7) is 9.62. The Bertz CT molecular complexity index is 1260. The van der Waals surface area contributed by atoms with Crippen LogP contribution in [0.4, 0.5) is 4.79 Å². The molecule has 0 aliphatic carbocycles. The third-order valence-electron chi connectivity index (χ3n) is 6.34. The normalized spacial score (nSPS) is 13.4. The first-order valence-electron chi connectivity index (χ1n) is 13.9. The highest BCUT2D eigenvalue weighted by Crippen LogP contribution is 2.34. The maximum atomic E-state index is 14.0. The molecule has 3 atom stereocenters. The van der Waals surface area contributed by atoms with Gasteiger partial charge >= 0.3 is 6.09 Å². The van der Waals surface area contributed by atoms with Crippen LogP contribution in [0.5, 0.6) is 0 Å². The van der Waals surface area contributed by atoms with Crippen LogP contribution >= 0.6 is 0 Å². The van der Waals surface area contributed by atoms with Crippen LogP contribution < -0.4 is 10.6 Å². The van der Waals surface area contributed by atoms with E-state index in [4.69, 9.17) is 9.15 Å². The summed E-state index contributed by atoms with van der Waals surface area (Å²) in [5.74, 6) is -0.854. The van der Waals surface area contributed by atoms with Gasteiger partial charge in [0, 0.05) is 12.6 Å². The third-order valence-corrected chi connectivity index (χ3v) is 6.34. The number of nitrogens with zero attached hydrogens (tertiary/aromatic N) is 2. The number of ether oxygens (including phenoxy) is 1. The number of likely N-dealkylation sites (N-methyl/N-ethyl adjacent to an activating group) is 1. The van der Waals surface area contributed by atoms with E-state index < -0.39 is 36.1 Å². The molecule has 3 rings (SSSR count). The molecular formula is C31H40N4O6. The second-order valence-electron chi connectivity index (χ2n) is 10.5. The van der Waals surface area contributed by atoms with Crippen LogP contribution in [0, 0.1) is 5.92 Å². The van der Waals surface area contributed by atoms with Crippen LogP contribution in [0.3, 0.4) is 0 Å². The molecule has 0 radical (unpaired) electrons. The highest BCUT2D eigenvalue weighted by Gasteiger charge is 2.37. The first kappa shape index (κ1) is 31.3. The predicted molar refractivity (Wildman–Crippen MR) is 154 cm³/mol. The fourth-order valence-electron chi connectivity index (χ4n) is 4.47. The molecule has 0 bridgehead atoms. The van der Waals surface area contributed by atoms with Gasteiger partial charge < -0.3 is 29.8 Å². The molecule has 0 saturated heterocycles. The molecule has 0 aliphatic heterocycles. The molecule has 10 heteroatoms. The molecule has 0 fully saturated rings. The summed E-state index contributed by atoms with van der Waals surface area (Å²) >= 11 is 0. The standard InChI is InChI=1S/C31H40N4O6/c1-6-35(30(38)24(17-20(2)3)34-31(39)41-18-22-13-9-7-10-14-22)26(23-15-11-8-12-16-23)27(36)29-33-25(19-40-29)28(37)32-21(4)5/h7-16,19-21,24,26-27,36H,6,17-18H2,1-5H3,(H,32,37)(H,34,39). The maximum absolute atomic E-state index is 14.0. The molecule has 3 N–H and O–H groups in total. The largest absolute Gasteiger partial charge is 0.445 e. The van der Waals surface area contributed by atoms with Crippen molar-refractivity contribution in [3.05, 3.63) is 89.6 Å². The summed E-state index contributed by atoms with van der Waals surface area (Å²) in [5.41, 5.74) is 1.48. The van der Waals surface area contributed by atoms with Crippen molar-refractivity contribution in [3.63, 3.8) is 0 Å². The fourth-order valence-corrected chi connectivity index (χ4v) is 4.47. The molecule has 0 saturated carbocycles. The van der Waals surface area contributed by atoms with Crippen LogP contribution in [0.1, 0.15) is 80.7 Å². The van der Waals surface area contributed by atoms with Gasteiger partial charge in [-0.25, -0.2) is 9.78 Å². The number of nitrogens with one attached hydrogen (secondary N) is 2. The smallest absolute Gasteiger partial charge is 0.408 e. The minimum absolute atomic E-state index is 0.0226. The van der Waals surface area contributed by atoms with E-state index in [9.17, 15) is 19.5 Å². The zero-order valence-corrected chi connectivity index (χ0v) is 24.2. The van der Waals surface area contributed by atoms with Gasteiger partial charge in [-0.3, -0.25) is 9.59 Å². The molecule has 3 amide bonds. The molecule has 0 aliphatic rings. The molecule has 1 heterocycles. The number of aliphatic hydroxyl groups is 1. The highest BCUT2D eigenvalue weighted by molar-refractivity contribution is 5.92. The van der Waals surface area contributed by atoms with Gasteiger partial charge in [-0.15, -0.1) is 0 Å². The minimum atomic E-state index is -1.40. The number of rotatable bonds is 13. The lowest BCUT2D eigenvalue weighted by atomic mass is 9.96. The zero-order chi connectivity index (χ0) is 29.9. The van der Waals surface area contributed by atoms with Crippen LogP contribution in [-0.4, -0.2) is 51.5 Å². The third kappa shape index (κ3) is 8.91. The van der Waals surface area contributed by atoms with Crippen LogP contribution in [0.2, 0.25) is 0 Å². The zero-order valence-electron chi connectivity index (χ0n) is 24.2. The van der Waals surface area contributed by atoms with Crippen molar-refractivity contribution >= 4 is 17.9 Å². The number of benzene rings is 2. The Morgan fingerprint density at radius 3 is 2.20 bits per heavy atom. The Morgan fingerprint density at radius 1 is 0.976 bits per heavy atom. The number of alkyl carbamates (subject to hydrolysis) is 1. The van der Waals surface area contributed by atoms with Gasteiger partial charge in [-0.2, -0.15) is 0 Å². The summed E-state index contributed by atoms with van der Waals surface area (Å²) < 4.78 is 10.9. The molecule has 1 aromatic heterocycles. The number of oxazole rings is 1. The van der Waals surface area contributed by atoms with E-state index in [1.165, 1.54) is 11.2 Å². The Morgan fingerprint density at radius 2 is 1.61 bits per heavy atom. The number of carbonyl (C=O) groups excluding carboxylic acids is 3. The van der Waals surface area contributed by atoms with Gasteiger partial charge in [0.25, 0.3) is 5.91 Å². The maximum Gasteiger partial charge on any atom is 0.408 e. The van der Waals surface area contributed by atoms with Gasteiger partial charge in [-0.1, -0.05) is 74.5 Å². The SMILES string of the molecule is CCN(C(=O)C(CC(C)C)NC(=O)OCc1ccccc1)C(c1ccccc1)C(O)c1nc(C(=O)NC(C)C)co1. The number of carbonyl (C=O) groups is 3. The summed E-state index contributed by atoms with van der Waals surface area (Å²) in [6, 6.07) is 16.3. The van der Waals surface area contributed by atoms with E-state index in [2.05, 4.69) is 15.6 Å². The van der Waals surface area contributed by atoms with Crippen LogP contribution in [0.15, 0.2) is 71.3 Å². The van der Waals surface area contributed by atoms with Crippen molar-refractivity contribution < 1.29 is 28.6 Å². The number of aliphatic hydroxyl groups excluding tert-OH is 1. The van der Waals surface area contributed by atoms with Gasteiger partial charge in [0.15, 0.2) is 11.8 Å². The summed E-state index contributed by atoms with van der Waals surface area (Å²) in [7, 11) is 0. The average molecular weight is 565 g/mol. The predicted octanol–water partition coefficient (Wildman–Crippen LogP) is 4.78. The Kier molecular flexibility index (Phi) is 11.5. The molecule has 2 aromatic carbocycles. The van der Waals surface area contributed by atoms with Gasteiger partial charge in [0.1, 0.15) is 18.9 Å². The average Bonchev–Trinajstić information content (AvgIpc) is 3.45. The van der Waals surface area contributed by atoms with Crippen molar-refractivity contribution in [2.75, 3.05) is 6.54 Å². The van der Waals surface area contributed by atoms with Gasteiger partial charge in [0.05, 0.1) is 6.04 Å². The van der Waals surface area contributed by atoms with E-state index in [-0.39, 0.29) is 36.7 Å². The summed E-state index contributed by atoms with van der Waals surface area (Å²) in [4.78, 5) is 44.9. The number of amides is 3. The first-order valence-corrected chi connectivity index (χ1v) is 13.9. The lowest BCUT2D eigenvalue weighted by Gasteiger charge is -2.36. The molecule has 3 unspecified atom stereocenters. The number of aromatic nitrogens is 1. The summed E-state index contributed by atoms with van der Waals surface area (Å²) in [6.07, 6.45) is -0.574. The van der Waals surface area contributed by atoms with Crippen LogP contribution in [-0.2, 0) is 16.1 Å². The van der Waals surface area contributed by atoms with Gasteiger partial charge in [-0.05, 0) is 44.2 Å². The molecular weight excluding hydrogens is 524 g/mol. The molecule has 0 spiro atoms. The summed E-state index contributed by atoms with van der Waals surface area (Å²) in [5, 5.41) is 17.0. The highest BCUT2D eigenvalue weighted by atomic mass is 16.5. The Balaban J connectivity index is 1.87. The van der Waals surface area contributed by atoms with E-state index in [1.54, 1.807) is 31.2 Å². The lowest BCUT2D eigenvalue weighted by molar-refractivity contribution is -0.139. The van der Waals surface area contributed by atoms with E-state index in [0.29, 0.717) is 12.0 Å². The number of hydrogen-bond acceptors (Lipinski definition) is 7. The molecule has 3 aromatic rings. The minimum Gasteiger partial charge on any atom is -0.445 e. The van der Waals surface area contributed by atoms with Gasteiger partial charge in [0.2, 0.25) is 11.8 Å².